The molecular weight excluding hydrogens is 320 g/mol. The summed E-state index contributed by atoms with van der Waals surface area (Å²) in [5.74, 6) is 0.176. The molecule has 2 N–H and O–H groups in total. The molecule has 130 valence electrons. The number of fused-ring (bicyclic) bond motifs is 3. The van der Waals surface area contributed by atoms with E-state index in [0.29, 0.717) is 12.1 Å². The zero-order valence-electron chi connectivity index (χ0n) is 13.9. The Kier molecular flexibility index (Phi) is 3.95. The van der Waals surface area contributed by atoms with Gasteiger partial charge in [-0.2, -0.15) is 5.10 Å². The van der Waals surface area contributed by atoms with Crippen LogP contribution in [0.4, 0.5) is 5.95 Å². The van der Waals surface area contributed by atoms with E-state index in [1.54, 1.807) is 6.20 Å². The van der Waals surface area contributed by atoms with Gasteiger partial charge in [0.25, 0.3) is 5.56 Å². The Bertz CT molecular complexity index is 885. The molecular formula is C17H20N6O2. The average Bonchev–Trinajstić information content (AvgIpc) is 2.62. The number of primary amides is 1. The van der Waals surface area contributed by atoms with Crippen molar-refractivity contribution < 1.29 is 4.79 Å². The highest BCUT2D eigenvalue weighted by atomic mass is 16.2. The molecule has 1 saturated heterocycles. The van der Waals surface area contributed by atoms with Crippen LogP contribution in [0.25, 0.3) is 11.3 Å². The fourth-order valence-corrected chi connectivity index (χ4v) is 3.50. The number of piperidine rings is 1. The molecule has 1 amide bonds. The van der Waals surface area contributed by atoms with Crippen molar-refractivity contribution in [3.05, 3.63) is 33.9 Å². The van der Waals surface area contributed by atoms with Crippen LogP contribution in [0.1, 0.15) is 30.5 Å². The topological polar surface area (TPSA) is 107 Å². The zero-order chi connectivity index (χ0) is 17.4. The molecule has 0 radical (unpaired) electrons. The Labute approximate surface area is 144 Å². The van der Waals surface area contributed by atoms with Crippen LogP contribution < -0.4 is 16.2 Å². The molecule has 0 saturated carbocycles. The molecule has 2 aromatic rings. The van der Waals surface area contributed by atoms with Crippen LogP contribution in [0, 0.1) is 0 Å². The number of carbonyl (C=O) groups excluding carboxylic acids is 1. The quantitative estimate of drug-likeness (QED) is 0.860. The van der Waals surface area contributed by atoms with E-state index in [1.807, 2.05) is 0 Å². The Morgan fingerprint density at radius 3 is 2.76 bits per heavy atom. The fraction of sp³-hybridized carbons (Fsp3) is 0.471. The second-order valence-corrected chi connectivity index (χ2v) is 6.56. The summed E-state index contributed by atoms with van der Waals surface area (Å²) < 4.78 is 1.11. The van der Waals surface area contributed by atoms with E-state index in [2.05, 4.69) is 15.0 Å². The van der Waals surface area contributed by atoms with Gasteiger partial charge >= 0.3 is 0 Å². The fourth-order valence-electron chi connectivity index (χ4n) is 3.50. The van der Waals surface area contributed by atoms with Crippen LogP contribution in [0.2, 0.25) is 0 Å². The number of aromatic nitrogens is 4. The predicted molar refractivity (Wildman–Crippen MR) is 92.2 cm³/mol. The molecule has 3 heterocycles. The van der Waals surface area contributed by atoms with Gasteiger partial charge in [-0.15, -0.1) is 0 Å². The number of carbonyl (C=O) groups is 1. The summed E-state index contributed by atoms with van der Waals surface area (Å²) in [5.41, 5.74) is 8.20. The summed E-state index contributed by atoms with van der Waals surface area (Å²) in [7, 11) is 0. The van der Waals surface area contributed by atoms with Crippen molar-refractivity contribution in [3.8, 4) is 11.3 Å². The van der Waals surface area contributed by atoms with Gasteiger partial charge in [0.2, 0.25) is 11.9 Å². The van der Waals surface area contributed by atoms with Crippen molar-refractivity contribution >= 4 is 11.9 Å². The predicted octanol–water partition coefficient (Wildman–Crippen LogP) is 0.274. The first kappa shape index (κ1) is 15.7. The van der Waals surface area contributed by atoms with E-state index in [4.69, 9.17) is 10.7 Å². The van der Waals surface area contributed by atoms with E-state index in [-0.39, 0.29) is 12.1 Å². The van der Waals surface area contributed by atoms with E-state index in [1.165, 1.54) is 25.3 Å². The first-order valence-electron chi connectivity index (χ1n) is 8.62. The maximum absolute atomic E-state index is 12.1. The van der Waals surface area contributed by atoms with Crippen molar-refractivity contribution in [1.82, 2.24) is 19.7 Å². The van der Waals surface area contributed by atoms with Gasteiger partial charge < -0.3 is 10.6 Å². The van der Waals surface area contributed by atoms with Gasteiger partial charge in [0.1, 0.15) is 6.54 Å². The molecule has 0 unspecified atom stereocenters. The molecule has 1 fully saturated rings. The second-order valence-electron chi connectivity index (χ2n) is 6.56. The number of anilines is 1. The monoisotopic (exact) mass is 340 g/mol. The highest BCUT2D eigenvalue weighted by Gasteiger charge is 2.23. The summed E-state index contributed by atoms with van der Waals surface area (Å²) in [5, 5.41) is 4.35. The standard InChI is InChI=1S/C17H20N6O2/c18-14(24)10-23-15(25)8-11-4-5-13-12(16(11)21-23)9-19-17(20-13)22-6-2-1-3-7-22/h8-9H,1-7,10H2,(H2,18,24). The molecule has 2 aromatic heterocycles. The van der Waals surface area contributed by atoms with Crippen LogP contribution in [0.3, 0.4) is 0 Å². The van der Waals surface area contributed by atoms with Crippen molar-refractivity contribution in [1.29, 1.82) is 0 Å². The second kappa shape index (κ2) is 6.27. The van der Waals surface area contributed by atoms with Crippen molar-refractivity contribution in [2.75, 3.05) is 18.0 Å². The number of nitrogens with zero attached hydrogens (tertiary/aromatic N) is 5. The summed E-state index contributed by atoms with van der Waals surface area (Å²) in [6.45, 7) is 1.76. The number of hydrogen-bond donors (Lipinski definition) is 1. The van der Waals surface area contributed by atoms with Gasteiger partial charge in [0.15, 0.2) is 0 Å². The Balaban J connectivity index is 1.73. The molecule has 8 nitrogen and oxygen atoms in total. The summed E-state index contributed by atoms with van der Waals surface area (Å²) >= 11 is 0. The summed E-state index contributed by atoms with van der Waals surface area (Å²) in [6, 6.07) is 1.53. The lowest BCUT2D eigenvalue weighted by Crippen LogP contribution is -2.32. The van der Waals surface area contributed by atoms with Gasteiger partial charge in [-0.05, 0) is 37.7 Å². The molecule has 0 spiro atoms. The maximum atomic E-state index is 12.1. The lowest BCUT2D eigenvalue weighted by atomic mass is 9.94. The van der Waals surface area contributed by atoms with Gasteiger partial charge in [0, 0.05) is 30.9 Å². The lowest BCUT2D eigenvalue weighted by Gasteiger charge is -2.28. The Hall–Kier alpha value is -2.77. The van der Waals surface area contributed by atoms with Gasteiger partial charge in [-0.25, -0.2) is 14.6 Å². The normalized spacial score (nSPS) is 16.2. The van der Waals surface area contributed by atoms with Gasteiger partial charge in [0.05, 0.1) is 11.4 Å². The van der Waals surface area contributed by atoms with Crippen LogP contribution in [-0.2, 0) is 24.2 Å². The third kappa shape index (κ3) is 2.99. The molecule has 4 rings (SSSR count). The number of nitrogens with two attached hydrogens (primary N) is 1. The van der Waals surface area contributed by atoms with Gasteiger partial charge in [-0.1, -0.05) is 0 Å². The number of rotatable bonds is 3. The third-order valence-electron chi connectivity index (χ3n) is 4.76. The number of aryl methyl sites for hydroxylation is 2. The molecule has 0 atom stereocenters. The average molecular weight is 340 g/mol. The molecule has 0 aromatic carbocycles. The number of amides is 1. The van der Waals surface area contributed by atoms with E-state index < -0.39 is 5.91 Å². The minimum absolute atomic E-state index is 0.228. The van der Waals surface area contributed by atoms with Crippen molar-refractivity contribution in [3.63, 3.8) is 0 Å². The van der Waals surface area contributed by atoms with Crippen LogP contribution in [0.5, 0.6) is 0 Å². The van der Waals surface area contributed by atoms with E-state index >= 15 is 0 Å². The van der Waals surface area contributed by atoms with Crippen molar-refractivity contribution in [2.24, 2.45) is 5.73 Å². The number of hydrogen-bond acceptors (Lipinski definition) is 6. The molecule has 1 aliphatic carbocycles. The SMILES string of the molecule is NC(=O)Cn1nc2c(cc1=O)CCc1nc(N3CCCCC3)ncc1-2. The summed E-state index contributed by atoms with van der Waals surface area (Å²) in [4.78, 5) is 34.7. The molecule has 25 heavy (non-hydrogen) atoms. The van der Waals surface area contributed by atoms with Crippen LogP contribution in [0.15, 0.2) is 17.1 Å². The molecule has 2 aliphatic rings. The first-order chi connectivity index (χ1) is 12.1. The van der Waals surface area contributed by atoms with Crippen molar-refractivity contribution in [2.45, 2.75) is 38.6 Å². The first-order valence-corrected chi connectivity index (χ1v) is 8.62. The van der Waals surface area contributed by atoms with Gasteiger partial charge in [-0.3, -0.25) is 9.59 Å². The lowest BCUT2D eigenvalue weighted by molar-refractivity contribution is -0.118. The van der Waals surface area contributed by atoms with Crippen LogP contribution in [-0.4, -0.2) is 38.7 Å². The largest absolute Gasteiger partial charge is 0.368 e. The maximum Gasteiger partial charge on any atom is 0.267 e. The third-order valence-corrected chi connectivity index (χ3v) is 4.76. The Morgan fingerprint density at radius 2 is 2.00 bits per heavy atom. The molecule has 1 aliphatic heterocycles. The Morgan fingerprint density at radius 1 is 1.20 bits per heavy atom. The highest BCUT2D eigenvalue weighted by molar-refractivity contribution is 5.73. The smallest absolute Gasteiger partial charge is 0.267 e. The van der Waals surface area contributed by atoms with E-state index in [0.717, 1.165) is 47.0 Å². The highest BCUT2D eigenvalue weighted by Crippen LogP contribution is 2.30. The van der Waals surface area contributed by atoms with Crippen LogP contribution >= 0.6 is 0 Å². The van der Waals surface area contributed by atoms with E-state index in [9.17, 15) is 9.59 Å². The summed E-state index contributed by atoms with van der Waals surface area (Å²) in [6.07, 6.45) is 6.85. The minimum Gasteiger partial charge on any atom is -0.368 e. The minimum atomic E-state index is -0.595. The molecule has 0 bridgehead atoms. The molecule has 8 heteroatoms. The zero-order valence-corrected chi connectivity index (χ0v) is 13.9.